The minimum Gasteiger partial charge on any atom is -0.493 e. The van der Waals surface area contributed by atoms with Crippen molar-refractivity contribution in [3.63, 3.8) is 0 Å². The number of nitrogens with two attached hydrogens (primary N) is 1. The Morgan fingerprint density at radius 2 is 1.68 bits per heavy atom. The molecule has 3 nitrogen and oxygen atoms in total. The minimum absolute atomic E-state index is 0.200. The quantitative estimate of drug-likeness (QED) is 0.613. The lowest BCUT2D eigenvalue weighted by Crippen LogP contribution is -2.16. The lowest BCUT2D eigenvalue weighted by Gasteiger charge is -2.12. The number of hydrogen-bond donors (Lipinski definition) is 1. The first-order valence-corrected chi connectivity index (χ1v) is 8.07. The third kappa shape index (κ3) is 4.98. The van der Waals surface area contributed by atoms with E-state index in [9.17, 15) is 13.2 Å². The van der Waals surface area contributed by atoms with Crippen LogP contribution in [0.5, 0.6) is 5.75 Å². The predicted octanol–water partition coefficient (Wildman–Crippen LogP) is 4.57. The molecule has 0 amide bonds. The molecule has 0 radical (unpaired) electrons. The molecule has 0 spiro atoms. The SMILES string of the molecule is CCOc1ccc(CC)cc1C(N)=NCc1ccc(C(F)(F)F)cc1. The molecule has 2 N–H and O–H groups in total. The van der Waals surface area contributed by atoms with Crippen molar-refractivity contribution in [2.24, 2.45) is 10.7 Å². The second kappa shape index (κ2) is 8.05. The Balaban J connectivity index is 2.21. The van der Waals surface area contributed by atoms with Gasteiger partial charge in [-0.3, -0.25) is 4.99 Å². The average molecular weight is 350 g/mol. The predicted molar refractivity (Wildman–Crippen MR) is 92.9 cm³/mol. The maximum atomic E-state index is 12.6. The van der Waals surface area contributed by atoms with E-state index >= 15 is 0 Å². The Morgan fingerprint density at radius 3 is 2.24 bits per heavy atom. The number of halogens is 3. The Kier molecular flexibility index (Phi) is 6.07. The van der Waals surface area contributed by atoms with Crippen LogP contribution in [-0.2, 0) is 19.1 Å². The molecule has 0 aromatic heterocycles. The highest BCUT2D eigenvalue weighted by Crippen LogP contribution is 2.29. The highest BCUT2D eigenvalue weighted by atomic mass is 19.4. The van der Waals surface area contributed by atoms with E-state index in [1.807, 2.05) is 32.0 Å². The highest BCUT2D eigenvalue weighted by Gasteiger charge is 2.29. The minimum atomic E-state index is -4.34. The molecule has 134 valence electrons. The number of aliphatic imine (C=N–C) groups is 1. The molecule has 0 aliphatic rings. The van der Waals surface area contributed by atoms with Gasteiger partial charge >= 0.3 is 6.18 Å². The zero-order valence-corrected chi connectivity index (χ0v) is 14.2. The molecule has 2 aromatic rings. The van der Waals surface area contributed by atoms with Crippen LogP contribution in [0.15, 0.2) is 47.5 Å². The molecule has 0 atom stereocenters. The summed E-state index contributed by atoms with van der Waals surface area (Å²) < 4.78 is 43.3. The molecule has 0 saturated heterocycles. The lowest BCUT2D eigenvalue weighted by atomic mass is 10.1. The van der Waals surface area contributed by atoms with Gasteiger partial charge in [0.05, 0.1) is 24.3 Å². The number of rotatable bonds is 6. The normalized spacial score (nSPS) is 12.3. The Bertz CT molecular complexity index is 737. The van der Waals surface area contributed by atoms with Crippen molar-refractivity contribution in [2.45, 2.75) is 33.0 Å². The number of hydrogen-bond acceptors (Lipinski definition) is 2. The average Bonchev–Trinajstić information content (AvgIpc) is 2.60. The number of amidine groups is 1. The van der Waals surface area contributed by atoms with E-state index in [0.717, 1.165) is 24.1 Å². The fraction of sp³-hybridized carbons (Fsp3) is 0.316. The van der Waals surface area contributed by atoms with Crippen LogP contribution in [0.4, 0.5) is 13.2 Å². The standard InChI is InChI=1S/C19H21F3N2O/c1-3-13-7-10-17(25-4-2)16(11-13)18(23)24-12-14-5-8-15(9-6-14)19(20,21)22/h5-11H,3-4,12H2,1-2H3,(H2,23,24). The number of ether oxygens (including phenoxy) is 1. The summed E-state index contributed by atoms with van der Waals surface area (Å²) in [6.07, 6.45) is -3.49. The first-order valence-electron chi connectivity index (χ1n) is 8.07. The molecule has 0 unspecified atom stereocenters. The van der Waals surface area contributed by atoms with Crippen LogP contribution in [0.2, 0.25) is 0 Å². The summed E-state index contributed by atoms with van der Waals surface area (Å²) in [4.78, 5) is 4.31. The smallest absolute Gasteiger partial charge is 0.416 e. The Hall–Kier alpha value is -2.50. The van der Waals surface area contributed by atoms with E-state index in [1.165, 1.54) is 12.1 Å². The molecule has 0 heterocycles. The molecule has 2 aromatic carbocycles. The number of benzene rings is 2. The number of alkyl halides is 3. The Labute approximate surface area is 145 Å². The summed E-state index contributed by atoms with van der Waals surface area (Å²) in [6, 6.07) is 10.7. The van der Waals surface area contributed by atoms with Gasteiger partial charge in [-0.2, -0.15) is 13.2 Å². The van der Waals surface area contributed by atoms with E-state index in [2.05, 4.69) is 4.99 Å². The third-order valence-electron chi connectivity index (χ3n) is 3.74. The van der Waals surface area contributed by atoms with Gasteiger partial charge in [0.2, 0.25) is 0 Å². The van der Waals surface area contributed by atoms with Gasteiger partial charge in [-0.05, 0) is 48.7 Å². The van der Waals surface area contributed by atoms with Crippen LogP contribution >= 0.6 is 0 Å². The fourth-order valence-electron chi connectivity index (χ4n) is 2.34. The molecule has 2 rings (SSSR count). The molecule has 0 bridgehead atoms. The van der Waals surface area contributed by atoms with Crippen molar-refractivity contribution < 1.29 is 17.9 Å². The molecule has 0 aliphatic carbocycles. The number of nitrogens with zero attached hydrogens (tertiary/aromatic N) is 1. The maximum absolute atomic E-state index is 12.6. The fourth-order valence-corrected chi connectivity index (χ4v) is 2.34. The van der Waals surface area contributed by atoms with Crippen LogP contribution in [0.1, 0.15) is 36.1 Å². The maximum Gasteiger partial charge on any atom is 0.416 e. The molecule has 6 heteroatoms. The van der Waals surface area contributed by atoms with Crippen molar-refractivity contribution in [1.82, 2.24) is 0 Å². The molecule has 25 heavy (non-hydrogen) atoms. The second-order valence-electron chi connectivity index (χ2n) is 5.51. The first kappa shape index (κ1) is 18.8. The van der Waals surface area contributed by atoms with E-state index in [-0.39, 0.29) is 6.54 Å². The third-order valence-corrected chi connectivity index (χ3v) is 3.74. The molecule has 0 aliphatic heterocycles. The monoisotopic (exact) mass is 350 g/mol. The molecular formula is C19H21F3N2O. The van der Waals surface area contributed by atoms with Crippen molar-refractivity contribution in [2.75, 3.05) is 6.61 Å². The topological polar surface area (TPSA) is 47.6 Å². The first-order chi connectivity index (χ1) is 11.8. The van der Waals surface area contributed by atoms with E-state index in [0.29, 0.717) is 29.3 Å². The molecule has 0 fully saturated rings. The largest absolute Gasteiger partial charge is 0.493 e. The van der Waals surface area contributed by atoms with E-state index in [1.54, 1.807) is 0 Å². The van der Waals surface area contributed by atoms with Gasteiger partial charge in [0.1, 0.15) is 11.6 Å². The van der Waals surface area contributed by atoms with Crippen LogP contribution in [0, 0.1) is 0 Å². The van der Waals surface area contributed by atoms with Gasteiger partial charge in [-0.25, -0.2) is 0 Å². The van der Waals surface area contributed by atoms with Crippen molar-refractivity contribution in [3.8, 4) is 5.75 Å². The Morgan fingerprint density at radius 1 is 1.04 bits per heavy atom. The van der Waals surface area contributed by atoms with Crippen molar-refractivity contribution >= 4 is 5.84 Å². The van der Waals surface area contributed by atoms with Crippen molar-refractivity contribution in [3.05, 3.63) is 64.7 Å². The summed E-state index contributed by atoms with van der Waals surface area (Å²) in [5.74, 6) is 0.951. The molecular weight excluding hydrogens is 329 g/mol. The summed E-state index contributed by atoms with van der Waals surface area (Å²) in [5.41, 5.74) is 7.87. The van der Waals surface area contributed by atoms with Gasteiger partial charge in [0.25, 0.3) is 0 Å². The van der Waals surface area contributed by atoms with Crippen LogP contribution in [0.3, 0.4) is 0 Å². The van der Waals surface area contributed by atoms with E-state index < -0.39 is 11.7 Å². The van der Waals surface area contributed by atoms with Crippen molar-refractivity contribution in [1.29, 1.82) is 0 Å². The lowest BCUT2D eigenvalue weighted by molar-refractivity contribution is -0.137. The molecule has 0 saturated carbocycles. The summed E-state index contributed by atoms with van der Waals surface area (Å²) in [7, 11) is 0. The zero-order valence-electron chi connectivity index (χ0n) is 14.2. The van der Waals surface area contributed by atoms with E-state index in [4.69, 9.17) is 10.5 Å². The highest BCUT2D eigenvalue weighted by molar-refractivity contribution is 6.00. The van der Waals surface area contributed by atoms with Crippen LogP contribution < -0.4 is 10.5 Å². The van der Waals surface area contributed by atoms with Gasteiger partial charge in [0.15, 0.2) is 0 Å². The van der Waals surface area contributed by atoms with Gasteiger partial charge in [0, 0.05) is 0 Å². The summed E-state index contributed by atoms with van der Waals surface area (Å²) >= 11 is 0. The summed E-state index contributed by atoms with van der Waals surface area (Å²) in [6.45, 7) is 4.62. The second-order valence-corrected chi connectivity index (χ2v) is 5.51. The van der Waals surface area contributed by atoms with Crippen LogP contribution in [0.25, 0.3) is 0 Å². The zero-order chi connectivity index (χ0) is 18.4. The van der Waals surface area contributed by atoms with Gasteiger partial charge in [-0.15, -0.1) is 0 Å². The van der Waals surface area contributed by atoms with Gasteiger partial charge in [-0.1, -0.05) is 25.1 Å². The number of aryl methyl sites for hydroxylation is 1. The van der Waals surface area contributed by atoms with Gasteiger partial charge < -0.3 is 10.5 Å². The van der Waals surface area contributed by atoms with Crippen LogP contribution in [-0.4, -0.2) is 12.4 Å². The summed E-state index contributed by atoms with van der Waals surface area (Å²) in [5, 5.41) is 0.